The second-order valence-electron chi connectivity index (χ2n) is 8.28. The maximum atomic E-state index is 13.3. The summed E-state index contributed by atoms with van der Waals surface area (Å²) in [6.45, 7) is -0.0214. The van der Waals surface area contributed by atoms with Crippen molar-refractivity contribution < 1.29 is 23.4 Å². The van der Waals surface area contributed by atoms with E-state index in [-0.39, 0.29) is 29.0 Å². The van der Waals surface area contributed by atoms with E-state index in [2.05, 4.69) is 10.1 Å². The van der Waals surface area contributed by atoms with E-state index in [4.69, 9.17) is 46.4 Å². The Hall–Kier alpha value is -2.54. The summed E-state index contributed by atoms with van der Waals surface area (Å²) in [5, 5.41) is 25.0. The number of rotatable bonds is 7. The molecule has 0 saturated carbocycles. The standard InChI is InChI=1S/C23H18Cl4F3N5O3/c1-11(36)21-31-18(32-35(21)16-7-14(25)6-15(26)8-16)10-34-20(27)19(12-2-4-13(24)5-3-12)33(22(34)38)9-17(37)23(28,29)30/h2-8,11,17,36-37H,9-10H2,1H3/t11-,17?/m0/s1. The zero-order chi connectivity index (χ0) is 27.9. The van der Waals surface area contributed by atoms with E-state index in [0.717, 1.165) is 9.13 Å². The van der Waals surface area contributed by atoms with Crippen LogP contribution in [0.5, 0.6) is 0 Å². The fourth-order valence-electron chi connectivity index (χ4n) is 3.73. The molecule has 0 aliphatic heterocycles. The van der Waals surface area contributed by atoms with Crippen molar-refractivity contribution in [1.82, 2.24) is 23.9 Å². The van der Waals surface area contributed by atoms with Crippen molar-refractivity contribution in [3.63, 3.8) is 0 Å². The maximum Gasteiger partial charge on any atom is 0.416 e. The van der Waals surface area contributed by atoms with Gasteiger partial charge in [0.1, 0.15) is 11.3 Å². The van der Waals surface area contributed by atoms with Crippen molar-refractivity contribution in [2.75, 3.05) is 0 Å². The van der Waals surface area contributed by atoms with Crippen LogP contribution in [0, 0.1) is 0 Å². The van der Waals surface area contributed by atoms with Crippen LogP contribution in [-0.2, 0) is 13.1 Å². The molecule has 0 aliphatic rings. The second-order valence-corrected chi connectivity index (χ2v) is 9.95. The van der Waals surface area contributed by atoms with Gasteiger partial charge >= 0.3 is 11.9 Å². The largest absolute Gasteiger partial charge is 0.416 e. The van der Waals surface area contributed by atoms with Crippen LogP contribution in [-0.4, -0.2) is 46.4 Å². The third kappa shape index (κ3) is 5.88. The highest BCUT2D eigenvalue weighted by Crippen LogP contribution is 2.31. The Kier molecular flexibility index (Phi) is 8.17. The molecule has 38 heavy (non-hydrogen) atoms. The van der Waals surface area contributed by atoms with Crippen molar-refractivity contribution in [2.45, 2.75) is 38.4 Å². The molecule has 4 rings (SSSR count). The van der Waals surface area contributed by atoms with Gasteiger partial charge in [-0.05, 0) is 37.3 Å². The molecule has 202 valence electrons. The van der Waals surface area contributed by atoms with E-state index in [1.807, 2.05) is 0 Å². The fourth-order valence-corrected chi connectivity index (χ4v) is 4.71. The van der Waals surface area contributed by atoms with Gasteiger partial charge in [0.05, 0.1) is 24.5 Å². The molecule has 2 heterocycles. The van der Waals surface area contributed by atoms with Gasteiger partial charge in [-0.2, -0.15) is 13.2 Å². The van der Waals surface area contributed by atoms with Gasteiger partial charge in [-0.25, -0.2) is 14.5 Å². The van der Waals surface area contributed by atoms with Crippen LogP contribution >= 0.6 is 46.4 Å². The average molecular weight is 611 g/mol. The highest BCUT2D eigenvalue weighted by molar-refractivity contribution is 6.35. The third-order valence-electron chi connectivity index (χ3n) is 5.46. The molecule has 0 radical (unpaired) electrons. The van der Waals surface area contributed by atoms with E-state index >= 15 is 0 Å². The van der Waals surface area contributed by atoms with Gasteiger partial charge in [0, 0.05) is 20.6 Å². The predicted molar refractivity (Wildman–Crippen MR) is 137 cm³/mol. The summed E-state index contributed by atoms with van der Waals surface area (Å²) in [5.74, 6) is 0.101. The summed E-state index contributed by atoms with van der Waals surface area (Å²) < 4.78 is 42.5. The summed E-state index contributed by atoms with van der Waals surface area (Å²) in [5.41, 5.74) is -0.331. The zero-order valence-corrected chi connectivity index (χ0v) is 22.3. The molecule has 0 amide bonds. The number of benzene rings is 2. The highest BCUT2D eigenvalue weighted by atomic mass is 35.5. The van der Waals surface area contributed by atoms with Crippen molar-refractivity contribution >= 4 is 46.4 Å². The van der Waals surface area contributed by atoms with Crippen molar-refractivity contribution in [3.8, 4) is 16.9 Å². The molecule has 0 aliphatic carbocycles. The van der Waals surface area contributed by atoms with Gasteiger partial charge < -0.3 is 10.2 Å². The van der Waals surface area contributed by atoms with E-state index in [9.17, 15) is 28.2 Å². The van der Waals surface area contributed by atoms with E-state index in [1.165, 1.54) is 54.1 Å². The number of nitrogens with zero attached hydrogens (tertiary/aromatic N) is 5. The Morgan fingerprint density at radius 1 is 0.947 bits per heavy atom. The number of hydrogen-bond acceptors (Lipinski definition) is 5. The molecule has 0 saturated heterocycles. The molecular weight excluding hydrogens is 593 g/mol. The van der Waals surface area contributed by atoms with Crippen LogP contribution in [0.4, 0.5) is 13.2 Å². The van der Waals surface area contributed by atoms with Gasteiger partial charge in [0.15, 0.2) is 17.8 Å². The summed E-state index contributed by atoms with van der Waals surface area (Å²) in [6.07, 6.45) is -8.90. The summed E-state index contributed by atoms with van der Waals surface area (Å²) in [7, 11) is 0. The molecule has 2 aromatic heterocycles. The number of aromatic nitrogens is 5. The van der Waals surface area contributed by atoms with Gasteiger partial charge in [0.2, 0.25) is 0 Å². The van der Waals surface area contributed by atoms with Crippen molar-refractivity contribution in [2.24, 2.45) is 0 Å². The average Bonchev–Trinajstić information content (AvgIpc) is 3.34. The summed E-state index contributed by atoms with van der Waals surface area (Å²) >= 11 is 24.6. The number of aliphatic hydroxyl groups is 2. The molecule has 8 nitrogen and oxygen atoms in total. The van der Waals surface area contributed by atoms with Crippen LogP contribution in [0.3, 0.4) is 0 Å². The van der Waals surface area contributed by atoms with Gasteiger partial charge in [-0.1, -0.05) is 58.5 Å². The first-order valence-electron chi connectivity index (χ1n) is 10.9. The lowest BCUT2D eigenvalue weighted by molar-refractivity contribution is -0.207. The predicted octanol–water partition coefficient (Wildman–Crippen LogP) is 5.54. The Labute approximate surface area is 233 Å². The van der Waals surface area contributed by atoms with E-state index < -0.39 is 30.6 Å². The monoisotopic (exact) mass is 609 g/mol. The van der Waals surface area contributed by atoms with Crippen LogP contribution < -0.4 is 5.69 Å². The SMILES string of the molecule is C[C@H](O)c1nc(Cn2c(Cl)c(-c3ccc(Cl)cc3)n(CC(O)C(F)(F)F)c2=O)nn1-c1cc(Cl)cc(Cl)c1. The quantitative estimate of drug-likeness (QED) is 0.286. The number of imidazole rings is 1. The van der Waals surface area contributed by atoms with Crippen molar-refractivity contribution in [1.29, 1.82) is 0 Å². The van der Waals surface area contributed by atoms with Crippen LogP contribution in [0.1, 0.15) is 24.7 Å². The topological polar surface area (TPSA) is 98.1 Å². The highest BCUT2D eigenvalue weighted by Gasteiger charge is 2.39. The Balaban J connectivity index is 1.83. The van der Waals surface area contributed by atoms with Crippen LogP contribution in [0.25, 0.3) is 16.9 Å². The van der Waals surface area contributed by atoms with Crippen LogP contribution in [0.15, 0.2) is 47.3 Å². The molecule has 15 heteroatoms. The molecule has 2 aromatic carbocycles. The molecule has 4 aromatic rings. The maximum absolute atomic E-state index is 13.3. The summed E-state index contributed by atoms with van der Waals surface area (Å²) in [4.78, 5) is 17.6. The first kappa shape index (κ1) is 28.5. The normalized spacial score (nSPS) is 13.6. The minimum Gasteiger partial charge on any atom is -0.385 e. The molecule has 0 fully saturated rings. The Morgan fingerprint density at radius 2 is 1.55 bits per heavy atom. The first-order chi connectivity index (χ1) is 17.8. The number of hydrogen-bond donors (Lipinski definition) is 2. The lowest BCUT2D eigenvalue weighted by Gasteiger charge is -2.16. The number of halogens is 7. The van der Waals surface area contributed by atoms with E-state index in [0.29, 0.717) is 26.3 Å². The second kappa shape index (κ2) is 10.9. The number of aliphatic hydroxyl groups excluding tert-OH is 2. The molecular formula is C23H18Cl4F3N5O3. The smallest absolute Gasteiger partial charge is 0.385 e. The molecule has 2 N–H and O–H groups in total. The number of alkyl halides is 3. The third-order valence-corrected chi connectivity index (χ3v) is 6.53. The van der Waals surface area contributed by atoms with Crippen LogP contribution in [0.2, 0.25) is 20.2 Å². The Bertz CT molecular complexity index is 1510. The Morgan fingerprint density at radius 3 is 2.11 bits per heavy atom. The molecule has 2 atom stereocenters. The fraction of sp³-hybridized carbons (Fsp3) is 0.261. The van der Waals surface area contributed by atoms with Crippen molar-refractivity contribution in [3.05, 3.63) is 84.8 Å². The lowest BCUT2D eigenvalue weighted by atomic mass is 10.1. The van der Waals surface area contributed by atoms with Gasteiger partial charge in [0.25, 0.3) is 0 Å². The molecule has 0 spiro atoms. The zero-order valence-electron chi connectivity index (χ0n) is 19.3. The lowest BCUT2D eigenvalue weighted by Crippen LogP contribution is -2.37. The van der Waals surface area contributed by atoms with Gasteiger partial charge in [-0.3, -0.25) is 9.13 Å². The first-order valence-corrected chi connectivity index (χ1v) is 12.4. The van der Waals surface area contributed by atoms with E-state index in [1.54, 1.807) is 0 Å². The minimum absolute atomic E-state index is 0.0113. The summed E-state index contributed by atoms with van der Waals surface area (Å²) in [6, 6.07) is 10.5. The molecule has 0 bridgehead atoms. The van der Waals surface area contributed by atoms with Gasteiger partial charge in [-0.15, -0.1) is 5.10 Å². The minimum atomic E-state index is -4.98. The molecule has 1 unspecified atom stereocenters.